The van der Waals surface area contributed by atoms with Crippen LogP contribution in [0.25, 0.3) is 11.1 Å². The maximum Gasteiger partial charge on any atom is 0.316 e. The van der Waals surface area contributed by atoms with Gasteiger partial charge in [-0.25, -0.2) is 9.97 Å². The third-order valence-corrected chi connectivity index (χ3v) is 2.54. The smallest absolute Gasteiger partial charge is 0.316 e. The van der Waals surface area contributed by atoms with E-state index < -0.39 is 6.10 Å². The lowest BCUT2D eigenvalue weighted by molar-refractivity contribution is 0.199. The van der Waals surface area contributed by atoms with E-state index in [1.807, 2.05) is 24.3 Å². The number of benzene rings is 1. The van der Waals surface area contributed by atoms with Crippen LogP contribution in [0.1, 0.15) is 18.6 Å². The van der Waals surface area contributed by atoms with Crippen molar-refractivity contribution in [2.75, 3.05) is 7.11 Å². The molecule has 0 amide bonds. The Hall–Kier alpha value is -1.94. The molecule has 0 bridgehead atoms. The number of aromatic nitrogens is 2. The summed E-state index contributed by atoms with van der Waals surface area (Å²) in [6.45, 7) is 1.74. The van der Waals surface area contributed by atoms with Crippen molar-refractivity contribution in [3.63, 3.8) is 0 Å². The zero-order valence-corrected chi connectivity index (χ0v) is 9.79. The molecule has 1 heterocycles. The second kappa shape index (κ2) is 4.93. The molecule has 1 atom stereocenters. The second-order valence-corrected chi connectivity index (χ2v) is 3.76. The molecule has 17 heavy (non-hydrogen) atoms. The summed E-state index contributed by atoms with van der Waals surface area (Å²) in [6, 6.07) is 8.02. The fraction of sp³-hybridized carbons (Fsp3) is 0.231. The van der Waals surface area contributed by atoms with Crippen LogP contribution >= 0.6 is 0 Å². The first-order valence-electron chi connectivity index (χ1n) is 5.35. The van der Waals surface area contributed by atoms with Crippen molar-refractivity contribution in [3.8, 4) is 17.1 Å². The maximum absolute atomic E-state index is 9.41. The molecule has 0 spiro atoms. The first kappa shape index (κ1) is 11.5. The highest BCUT2D eigenvalue weighted by molar-refractivity contribution is 5.61. The maximum atomic E-state index is 9.41. The number of hydrogen-bond acceptors (Lipinski definition) is 4. The van der Waals surface area contributed by atoms with E-state index in [9.17, 15) is 5.11 Å². The minimum absolute atomic E-state index is 0.356. The Kier molecular flexibility index (Phi) is 3.35. The first-order valence-corrected chi connectivity index (χ1v) is 5.35. The van der Waals surface area contributed by atoms with Crippen LogP contribution in [-0.2, 0) is 0 Å². The average Bonchev–Trinajstić information content (AvgIpc) is 2.39. The largest absolute Gasteiger partial charge is 0.467 e. The summed E-state index contributed by atoms with van der Waals surface area (Å²) in [5, 5.41) is 9.41. The quantitative estimate of drug-likeness (QED) is 0.878. The van der Waals surface area contributed by atoms with Gasteiger partial charge in [0.1, 0.15) is 0 Å². The SMILES string of the molecule is COc1ncc(-c2ccc(C(C)O)cc2)cn1. The Morgan fingerprint density at radius 2 is 1.65 bits per heavy atom. The molecule has 1 unspecified atom stereocenters. The van der Waals surface area contributed by atoms with Crippen molar-refractivity contribution in [2.24, 2.45) is 0 Å². The van der Waals surface area contributed by atoms with Gasteiger partial charge in [-0.3, -0.25) is 0 Å². The third-order valence-electron chi connectivity index (χ3n) is 2.54. The van der Waals surface area contributed by atoms with Crippen molar-refractivity contribution in [3.05, 3.63) is 42.2 Å². The molecule has 1 aromatic heterocycles. The van der Waals surface area contributed by atoms with Gasteiger partial charge in [0.25, 0.3) is 0 Å². The summed E-state index contributed by atoms with van der Waals surface area (Å²) in [7, 11) is 1.53. The van der Waals surface area contributed by atoms with Crippen LogP contribution in [0.5, 0.6) is 6.01 Å². The zero-order valence-electron chi connectivity index (χ0n) is 9.79. The molecule has 4 heteroatoms. The Morgan fingerprint density at radius 3 is 2.12 bits per heavy atom. The monoisotopic (exact) mass is 230 g/mol. The molecule has 2 rings (SSSR count). The molecular formula is C13H14N2O2. The van der Waals surface area contributed by atoms with Crippen molar-refractivity contribution in [1.29, 1.82) is 0 Å². The Balaban J connectivity index is 2.26. The molecule has 0 saturated heterocycles. The van der Waals surface area contributed by atoms with E-state index in [1.165, 1.54) is 7.11 Å². The fourth-order valence-electron chi connectivity index (χ4n) is 1.52. The van der Waals surface area contributed by atoms with E-state index in [-0.39, 0.29) is 0 Å². The molecule has 1 aromatic carbocycles. The van der Waals surface area contributed by atoms with Crippen molar-refractivity contribution in [2.45, 2.75) is 13.0 Å². The van der Waals surface area contributed by atoms with Crippen LogP contribution < -0.4 is 4.74 Å². The van der Waals surface area contributed by atoms with Gasteiger partial charge in [-0.1, -0.05) is 24.3 Å². The molecule has 0 aliphatic carbocycles. The highest BCUT2D eigenvalue weighted by atomic mass is 16.5. The van der Waals surface area contributed by atoms with E-state index in [0.717, 1.165) is 16.7 Å². The Morgan fingerprint density at radius 1 is 1.06 bits per heavy atom. The van der Waals surface area contributed by atoms with Gasteiger partial charge in [0.05, 0.1) is 13.2 Å². The number of rotatable bonds is 3. The molecule has 4 nitrogen and oxygen atoms in total. The fourth-order valence-corrected chi connectivity index (χ4v) is 1.52. The van der Waals surface area contributed by atoms with Crippen LogP contribution in [0.3, 0.4) is 0 Å². The summed E-state index contributed by atoms with van der Waals surface area (Å²) < 4.78 is 4.90. The number of aliphatic hydroxyl groups excluding tert-OH is 1. The minimum Gasteiger partial charge on any atom is -0.467 e. The topological polar surface area (TPSA) is 55.2 Å². The van der Waals surface area contributed by atoms with Crippen LogP contribution in [0, 0.1) is 0 Å². The molecular weight excluding hydrogens is 216 g/mol. The van der Waals surface area contributed by atoms with Crippen LogP contribution in [0.2, 0.25) is 0 Å². The molecule has 0 aliphatic rings. The van der Waals surface area contributed by atoms with Gasteiger partial charge in [0.15, 0.2) is 0 Å². The average molecular weight is 230 g/mol. The number of hydrogen-bond donors (Lipinski definition) is 1. The molecule has 0 fully saturated rings. The first-order chi connectivity index (χ1) is 8.20. The van der Waals surface area contributed by atoms with E-state index in [2.05, 4.69) is 9.97 Å². The summed E-state index contributed by atoms with van der Waals surface area (Å²) in [5.74, 6) is 0. The summed E-state index contributed by atoms with van der Waals surface area (Å²) in [4.78, 5) is 8.10. The highest BCUT2D eigenvalue weighted by Gasteiger charge is 2.03. The molecule has 88 valence electrons. The lowest BCUT2D eigenvalue weighted by Crippen LogP contribution is -1.92. The van der Waals surface area contributed by atoms with Crippen molar-refractivity contribution >= 4 is 0 Å². The highest BCUT2D eigenvalue weighted by Crippen LogP contribution is 2.21. The molecule has 0 radical (unpaired) electrons. The van der Waals surface area contributed by atoms with Crippen LogP contribution in [0.4, 0.5) is 0 Å². The van der Waals surface area contributed by atoms with E-state index in [4.69, 9.17) is 4.74 Å². The van der Waals surface area contributed by atoms with Gasteiger partial charge in [-0.15, -0.1) is 0 Å². The second-order valence-electron chi connectivity index (χ2n) is 3.76. The lowest BCUT2D eigenvalue weighted by atomic mass is 10.0. The third kappa shape index (κ3) is 2.60. The van der Waals surface area contributed by atoms with Gasteiger partial charge in [0.2, 0.25) is 0 Å². The predicted octanol–water partition coefficient (Wildman–Crippen LogP) is 2.21. The number of nitrogens with zero attached hydrogens (tertiary/aromatic N) is 2. The Bertz CT molecular complexity index is 478. The molecule has 1 N–H and O–H groups in total. The molecule has 0 saturated carbocycles. The van der Waals surface area contributed by atoms with Gasteiger partial charge < -0.3 is 9.84 Å². The molecule has 0 aliphatic heterocycles. The van der Waals surface area contributed by atoms with Gasteiger partial charge in [-0.2, -0.15) is 0 Å². The van der Waals surface area contributed by atoms with Crippen molar-refractivity contribution in [1.82, 2.24) is 9.97 Å². The van der Waals surface area contributed by atoms with E-state index >= 15 is 0 Å². The summed E-state index contributed by atoms with van der Waals surface area (Å²) in [5.41, 5.74) is 2.82. The molecule has 2 aromatic rings. The zero-order chi connectivity index (χ0) is 12.3. The van der Waals surface area contributed by atoms with Gasteiger partial charge in [0, 0.05) is 18.0 Å². The predicted molar refractivity (Wildman–Crippen MR) is 64.7 cm³/mol. The number of ether oxygens (including phenoxy) is 1. The van der Waals surface area contributed by atoms with Crippen molar-refractivity contribution < 1.29 is 9.84 Å². The lowest BCUT2D eigenvalue weighted by Gasteiger charge is -2.06. The standard InChI is InChI=1S/C13H14N2O2/c1-9(16)10-3-5-11(6-4-10)12-7-14-13(17-2)15-8-12/h3-9,16H,1-2H3. The van der Waals surface area contributed by atoms with Gasteiger partial charge in [-0.05, 0) is 18.1 Å². The number of aliphatic hydroxyl groups is 1. The summed E-state index contributed by atoms with van der Waals surface area (Å²) in [6.07, 6.45) is 2.98. The van der Waals surface area contributed by atoms with E-state index in [1.54, 1.807) is 19.3 Å². The van der Waals surface area contributed by atoms with Crippen LogP contribution in [0.15, 0.2) is 36.7 Å². The number of methoxy groups -OCH3 is 1. The Labute approximate surface area is 99.9 Å². The summed E-state index contributed by atoms with van der Waals surface area (Å²) >= 11 is 0. The normalized spacial score (nSPS) is 12.2. The van der Waals surface area contributed by atoms with E-state index in [0.29, 0.717) is 6.01 Å². The minimum atomic E-state index is -0.448. The van der Waals surface area contributed by atoms with Crippen LogP contribution in [-0.4, -0.2) is 22.2 Å². The van der Waals surface area contributed by atoms with Gasteiger partial charge >= 0.3 is 6.01 Å².